The number of halogens is 1. The Kier molecular flexibility index (Phi) is 9.54. The maximum absolute atomic E-state index is 14.1. The van der Waals surface area contributed by atoms with Gasteiger partial charge in [-0.15, -0.1) is 0 Å². The summed E-state index contributed by atoms with van der Waals surface area (Å²) in [5.41, 5.74) is 2.56. The van der Waals surface area contributed by atoms with Gasteiger partial charge in [-0.05, 0) is 61.4 Å². The van der Waals surface area contributed by atoms with Gasteiger partial charge in [-0.25, -0.2) is 14.6 Å². The number of hydrogen-bond acceptors (Lipinski definition) is 9. The second-order valence-electron chi connectivity index (χ2n) is 9.86. The molecule has 0 saturated heterocycles. The van der Waals surface area contributed by atoms with E-state index in [4.69, 9.17) is 24.1 Å². The summed E-state index contributed by atoms with van der Waals surface area (Å²) in [4.78, 5) is 43.7. The number of benzene rings is 3. The predicted octanol–water partition coefficient (Wildman–Crippen LogP) is 4.86. The lowest BCUT2D eigenvalue weighted by Crippen LogP contribution is -2.40. The number of carboxylic acid groups (broad SMARTS) is 1. The lowest BCUT2D eigenvalue weighted by molar-refractivity contribution is -0.139. The molecule has 0 amide bonds. The lowest BCUT2D eigenvalue weighted by Gasteiger charge is -2.26. The van der Waals surface area contributed by atoms with Crippen molar-refractivity contribution in [2.24, 2.45) is 4.99 Å². The minimum atomic E-state index is -1.00. The predicted molar refractivity (Wildman–Crippen MR) is 172 cm³/mol. The first-order chi connectivity index (χ1) is 21.7. The Morgan fingerprint density at radius 2 is 1.73 bits per heavy atom. The molecule has 0 aliphatic carbocycles. The van der Waals surface area contributed by atoms with Crippen LogP contribution in [0.3, 0.4) is 0 Å². The number of aromatic nitrogens is 1. The highest BCUT2D eigenvalue weighted by molar-refractivity contribution is 9.10. The molecule has 0 spiro atoms. The van der Waals surface area contributed by atoms with E-state index in [9.17, 15) is 14.4 Å². The first-order valence-electron chi connectivity index (χ1n) is 13.8. The molecular weight excluding hydrogens is 664 g/mol. The van der Waals surface area contributed by atoms with Crippen molar-refractivity contribution >= 4 is 45.3 Å². The van der Waals surface area contributed by atoms with Gasteiger partial charge in [0.25, 0.3) is 5.56 Å². The Bertz CT molecular complexity index is 2000. The van der Waals surface area contributed by atoms with Crippen LogP contribution in [0.1, 0.15) is 46.9 Å². The van der Waals surface area contributed by atoms with Gasteiger partial charge >= 0.3 is 11.9 Å². The molecule has 3 aromatic carbocycles. The molecule has 2 heterocycles. The average molecular weight is 694 g/mol. The normalized spacial score (nSPS) is 14.4. The number of carboxylic acids is 1. The second-order valence-corrected chi connectivity index (χ2v) is 11.7. The Hall–Kier alpha value is -4.68. The standard InChI is InChI=1S/C33H29BrN2O8S/c1-5-43-32(40)28-18(2)35-33-36(29(28)22-15-25(41-3)26(42-4)16-23(22)34)30(37)27(45-33)14-21-8-6-7-9-24(21)44-17-19-10-12-20(13-11-19)31(38)39/h6-16,29H,5,17H2,1-4H3,(H,38,39)/b27-14-/t29-/m0/s1. The van der Waals surface area contributed by atoms with Gasteiger partial charge in [0.05, 0.1) is 48.2 Å². The van der Waals surface area contributed by atoms with E-state index in [1.807, 2.05) is 18.2 Å². The number of fused-ring (bicyclic) bond motifs is 1. The highest BCUT2D eigenvalue weighted by Gasteiger charge is 2.35. The van der Waals surface area contributed by atoms with Crippen molar-refractivity contribution in [1.82, 2.24) is 4.57 Å². The highest BCUT2D eigenvalue weighted by atomic mass is 79.9. The smallest absolute Gasteiger partial charge is 0.338 e. The van der Waals surface area contributed by atoms with E-state index in [1.54, 1.807) is 50.3 Å². The van der Waals surface area contributed by atoms with Crippen LogP contribution in [0.4, 0.5) is 0 Å². The van der Waals surface area contributed by atoms with Crippen molar-refractivity contribution in [3.05, 3.63) is 118 Å². The number of esters is 1. The topological polar surface area (TPSA) is 126 Å². The summed E-state index contributed by atoms with van der Waals surface area (Å²) in [6.07, 6.45) is 1.73. The molecule has 1 aromatic heterocycles. The zero-order valence-corrected chi connectivity index (χ0v) is 27.2. The van der Waals surface area contributed by atoms with Crippen molar-refractivity contribution in [3.8, 4) is 17.2 Å². The number of ether oxygens (including phenoxy) is 4. The van der Waals surface area contributed by atoms with Crippen LogP contribution in [-0.4, -0.2) is 42.4 Å². The number of rotatable bonds is 10. The van der Waals surface area contributed by atoms with Crippen LogP contribution < -0.4 is 29.1 Å². The number of carbonyl (C=O) groups is 2. The molecule has 0 bridgehead atoms. The second kappa shape index (κ2) is 13.5. The molecular formula is C33H29BrN2O8S. The zero-order valence-electron chi connectivity index (χ0n) is 24.8. The Balaban J connectivity index is 1.61. The van der Waals surface area contributed by atoms with Crippen molar-refractivity contribution in [3.63, 3.8) is 0 Å². The molecule has 0 saturated carbocycles. The van der Waals surface area contributed by atoms with Gasteiger partial charge in [0, 0.05) is 10.0 Å². The van der Waals surface area contributed by atoms with Gasteiger partial charge < -0.3 is 24.1 Å². The Labute approximate surface area is 270 Å². The lowest BCUT2D eigenvalue weighted by atomic mass is 9.95. The number of hydrogen-bond donors (Lipinski definition) is 1. The third-order valence-corrected chi connectivity index (χ3v) is 8.79. The van der Waals surface area contributed by atoms with E-state index in [0.717, 1.165) is 5.56 Å². The van der Waals surface area contributed by atoms with Crippen LogP contribution in [-0.2, 0) is 16.1 Å². The first kappa shape index (κ1) is 31.7. The molecule has 0 fully saturated rings. The van der Waals surface area contributed by atoms with E-state index in [1.165, 1.54) is 42.3 Å². The molecule has 12 heteroatoms. The number of methoxy groups -OCH3 is 2. The summed E-state index contributed by atoms with van der Waals surface area (Å²) >= 11 is 4.81. The zero-order chi connectivity index (χ0) is 32.2. The molecule has 232 valence electrons. The minimum Gasteiger partial charge on any atom is -0.493 e. The van der Waals surface area contributed by atoms with Crippen molar-refractivity contribution in [2.75, 3.05) is 20.8 Å². The highest BCUT2D eigenvalue weighted by Crippen LogP contribution is 2.40. The van der Waals surface area contributed by atoms with Crippen molar-refractivity contribution in [1.29, 1.82) is 0 Å². The average Bonchev–Trinajstić information content (AvgIpc) is 3.33. The Morgan fingerprint density at radius 1 is 1.04 bits per heavy atom. The summed E-state index contributed by atoms with van der Waals surface area (Å²) in [7, 11) is 3.04. The minimum absolute atomic E-state index is 0.153. The quantitative estimate of drug-likeness (QED) is 0.234. The fourth-order valence-corrected chi connectivity index (χ4v) is 6.52. The van der Waals surface area contributed by atoms with Gasteiger partial charge in [0.1, 0.15) is 12.4 Å². The van der Waals surface area contributed by atoms with Crippen LogP contribution in [0.2, 0.25) is 0 Å². The molecule has 1 N–H and O–H groups in total. The molecule has 0 radical (unpaired) electrons. The number of aromatic carboxylic acids is 1. The third kappa shape index (κ3) is 6.43. The third-order valence-electron chi connectivity index (χ3n) is 7.12. The SMILES string of the molecule is CCOC(=O)C1=C(C)N=c2s/c(=C\c3ccccc3OCc3ccc(C(=O)O)cc3)c(=O)n2[C@H]1c1cc(OC)c(OC)cc1Br. The molecule has 1 aliphatic heterocycles. The van der Waals surface area contributed by atoms with Crippen molar-refractivity contribution < 1.29 is 33.6 Å². The number of para-hydroxylation sites is 1. The number of nitrogens with zero attached hydrogens (tertiary/aromatic N) is 2. The number of allylic oxidation sites excluding steroid dienone is 1. The fraction of sp³-hybridized carbons (Fsp3) is 0.212. The van der Waals surface area contributed by atoms with Gasteiger partial charge in [-0.1, -0.05) is 57.6 Å². The number of thiazole rings is 1. The molecule has 45 heavy (non-hydrogen) atoms. The largest absolute Gasteiger partial charge is 0.493 e. The van der Waals surface area contributed by atoms with Crippen LogP contribution in [0.25, 0.3) is 6.08 Å². The van der Waals surface area contributed by atoms with Crippen LogP contribution in [0.15, 0.2) is 86.2 Å². The van der Waals surface area contributed by atoms with E-state index in [0.29, 0.717) is 47.9 Å². The molecule has 1 atom stereocenters. The van der Waals surface area contributed by atoms with Gasteiger partial charge in [-0.3, -0.25) is 9.36 Å². The molecule has 10 nitrogen and oxygen atoms in total. The van der Waals surface area contributed by atoms with Crippen LogP contribution in [0, 0.1) is 0 Å². The van der Waals surface area contributed by atoms with E-state index in [2.05, 4.69) is 20.9 Å². The molecule has 4 aromatic rings. The maximum atomic E-state index is 14.1. The van der Waals surface area contributed by atoms with Gasteiger partial charge in [0.2, 0.25) is 0 Å². The van der Waals surface area contributed by atoms with Crippen molar-refractivity contribution in [2.45, 2.75) is 26.5 Å². The van der Waals surface area contributed by atoms with Gasteiger partial charge in [0.15, 0.2) is 16.3 Å². The summed E-state index contributed by atoms with van der Waals surface area (Å²) < 4.78 is 25.0. The monoisotopic (exact) mass is 692 g/mol. The van der Waals surface area contributed by atoms with E-state index in [-0.39, 0.29) is 29.9 Å². The molecule has 1 aliphatic rings. The van der Waals surface area contributed by atoms with Crippen LogP contribution >= 0.6 is 27.3 Å². The Morgan fingerprint density at radius 3 is 2.40 bits per heavy atom. The first-order valence-corrected chi connectivity index (χ1v) is 15.4. The van der Waals surface area contributed by atoms with Gasteiger partial charge in [-0.2, -0.15) is 0 Å². The fourth-order valence-electron chi connectivity index (χ4n) is 4.94. The summed E-state index contributed by atoms with van der Waals surface area (Å²) in [5.74, 6) is -0.129. The number of carbonyl (C=O) groups excluding carboxylic acids is 1. The molecule has 5 rings (SSSR count). The van der Waals surface area contributed by atoms with E-state index >= 15 is 0 Å². The van der Waals surface area contributed by atoms with E-state index < -0.39 is 18.0 Å². The maximum Gasteiger partial charge on any atom is 0.338 e. The summed E-state index contributed by atoms with van der Waals surface area (Å²) in [6.45, 7) is 3.79. The summed E-state index contributed by atoms with van der Waals surface area (Å²) in [6, 6.07) is 16.3. The summed E-state index contributed by atoms with van der Waals surface area (Å²) in [5, 5.41) is 9.16. The molecule has 0 unspecified atom stereocenters. The van der Waals surface area contributed by atoms with Crippen LogP contribution in [0.5, 0.6) is 17.2 Å².